The first-order valence-corrected chi connectivity index (χ1v) is 10.9. The number of piperidine rings is 1. The predicted molar refractivity (Wildman–Crippen MR) is 108 cm³/mol. The van der Waals surface area contributed by atoms with Gasteiger partial charge in [-0.25, -0.2) is 8.42 Å². The summed E-state index contributed by atoms with van der Waals surface area (Å²) < 4.78 is 43.0. The lowest BCUT2D eigenvalue weighted by Crippen LogP contribution is -2.41. The highest BCUT2D eigenvalue weighted by Gasteiger charge is 2.33. The van der Waals surface area contributed by atoms with Crippen LogP contribution in [0.25, 0.3) is 0 Å². The molecule has 156 valence electrons. The zero-order chi connectivity index (χ0) is 21.0. The number of nitrogens with zero attached hydrogens (tertiary/aromatic N) is 1. The number of benzene rings is 2. The highest BCUT2D eigenvalue weighted by molar-refractivity contribution is 7.89. The second-order valence-electron chi connectivity index (χ2n) is 6.57. The maximum atomic E-state index is 13.0. The summed E-state index contributed by atoms with van der Waals surface area (Å²) in [5.74, 6) is 0.423. The van der Waals surface area contributed by atoms with Gasteiger partial charge in [-0.3, -0.25) is 4.79 Å². The fourth-order valence-corrected chi connectivity index (χ4v) is 4.85. The summed E-state index contributed by atoms with van der Waals surface area (Å²) in [6.07, 6.45) is 0.762. The normalized spacial score (nSPS) is 15.7. The zero-order valence-electron chi connectivity index (χ0n) is 16.1. The number of esters is 1. The van der Waals surface area contributed by atoms with Gasteiger partial charge in [0.2, 0.25) is 10.0 Å². The van der Waals surface area contributed by atoms with Crippen molar-refractivity contribution in [2.75, 3.05) is 27.3 Å². The maximum Gasteiger partial charge on any atom is 0.314 e. The Morgan fingerprint density at radius 2 is 1.72 bits per heavy atom. The summed E-state index contributed by atoms with van der Waals surface area (Å²) in [6.45, 7) is 0.456. The summed E-state index contributed by atoms with van der Waals surface area (Å²) in [6, 6.07) is 11.1. The van der Waals surface area contributed by atoms with Crippen molar-refractivity contribution < 1.29 is 27.4 Å². The zero-order valence-corrected chi connectivity index (χ0v) is 17.7. The molecular weight excluding hydrogens is 418 g/mol. The second-order valence-corrected chi connectivity index (χ2v) is 8.95. The van der Waals surface area contributed by atoms with E-state index in [4.69, 9.17) is 25.8 Å². The van der Waals surface area contributed by atoms with E-state index in [2.05, 4.69) is 0 Å². The summed E-state index contributed by atoms with van der Waals surface area (Å²) in [5.41, 5.74) is 0. The summed E-state index contributed by atoms with van der Waals surface area (Å²) in [5, 5.41) is 0.478. The minimum Gasteiger partial charge on any atom is -0.493 e. The third-order valence-electron chi connectivity index (χ3n) is 4.79. The predicted octanol–water partition coefficient (Wildman–Crippen LogP) is 3.36. The van der Waals surface area contributed by atoms with Crippen molar-refractivity contribution >= 4 is 27.6 Å². The van der Waals surface area contributed by atoms with Crippen molar-refractivity contribution in [3.8, 4) is 17.2 Å². The number of carbonyl (C=O) groups is 1. The molecule has 0 aliphatic carbocycles. The molecule has 0 aromatic heterocycles. The quantitative estimate of drug-likeness (QED) is 0.507. The average molecular weight is 440 g/mol. The number of hydrogen-bond acceptors (Lipinski definition) is 6. The molecule has 0 atom stereocenters. The molecule has 1 heterocycles. The molecule has 0 bridgehead atoms. The molecule has 7 nitrogen and oxygen atoms in total. The average Bonchev–Trinajstić information content (AvgIpc) is 2.73. The number of carbonyl (C=O) groups excluding carboxylic acids is 1. The molecule has 0 saturated carbocycles. The molecule has 2 aromatic rings. The van der Waals surface area contributed by atoms with E-state index in [0.29, 0.717) is 35.1 Å². The molecule has 1 aliphatic heterocycles. The van der Waals surface area contributed by atoms with Crippen LogP contribution in [0.15, 0.2) is 47.4 Å². The van der Waals surface area contributed by atoms with Gasteiger partial charge in [-0.15, -0.1) is 0 Å². The Morgan fingerprint density at radius 1 is 1.03 bits per heavy atom. The lowest BCUT2D eigenvalue weighted by atomic mass is 9.98. The van der Waals surface area contributed by atoms with Crippen LogP contribution >= 0.6 is 11.6 Å². The summed E-state index contributed by atoms with van der Waals surface area (Å²) >= 11 is 5.90. The van der Waals surface area contributed by atoms with Gasteiger partial charge < -0.3 is 14.2 Å². The van der Waals surface area contributed by atoms with Gasteiger partial charge in [0.1, 0.15) is 5.75 Å². The van der Waals surface area contributed by atoms with Crippen LogP contribution in [0, 0.1) is 5.92 Å². The Balaban J connectivity index is 1.65. The standard InChI is InChI=1S/C20H22ClNO6S/c1-26-18-7-6-17(13-19(18)27-2)29(24,25)22-10-8-14(9-11-22)20(23)28-16-5-3-4-15(21)12-16/h3-7,12-14H,8-11H2,1-2H3. The molecular formula is C20H22ClNO6S. The second kappa shape index (κ2) is 9.02. The van der Waals surface area contributed by atoms with E-state index in [9.17, 15) is 13.2 Å². The third kappa shape index (κ3) is 4.83. The van der Waals surface area contributed by atoms with Gasteiger partial charge in [-0.1, -0.05) is 17.7 Å². The van der Waals surface area contributed by atoms with E-state index >= 15 is 0 Å². The fourth-order valence-electron chi connectivity index (χ4n) is 3.19. The van der Waals surface area contributed by atoms with Gasteiger partial charge in [0.25, 0.3) is 0 Å². The van der Waals surface area contributed by atoms with Crippen molar-refractivity contribution in [2.45, 2.75) is 17.7 Å². The van der Waals surface area contributed by atoms with Gasteiger partial charge in [0.15, 0.2) is 11.5 Å². The van der Waals surface area contributed by atoms with Crippen molar-refractivity contribution in [3.63, 3.8) is 0 Å². The Kier molecular flexibility index (Phi) is 6.66. The highest BCUT2D eigenvalue weighted by Crippen LogP contribution is 2.32. The lowest BCUT2D eigenvalue weighted by molar-refractivity contribution is -0.140. The van der Waals surface area contributed by atoms with Gasteiger partial charge in [-0.05, 0) is 43.2 Å². The van der Waals surface area contributed by atoms with Gasteiger partial charge >= 0.3 is 5.97 Å². The molecule has 1 saturated heterocycles. The van der Waals surface area contributed by atoms with E-state index < -0.39 is 10.0 Å². The molecule has 0 amide bonds. The molecule has 2 aromatic carbocycles. The van der Waals surface area contributed by atoms with Crippen LogP contribution in [0.5, 0.6) is 17.2 Å². The van der Waals surface area contributed by atoms with Crippen molar-refractivity contribution in [1.82, 2.24) is 4.31 Å². The highest BCUT2D eigenvalue weighted by atomic mass is 35.5. The Hall–Kier alpha value is -2.29. The maximum absolute atomic E-state index is 13.0. The minimum absolute atomic E-state index is 0.120. The number of hydrogen-bond donors (Lipinski definition) is 0. The van der Waals surface area contributed by atoms with Crippen LogP contribution in [0.2, 0.25) is 5.02 Å². The van der Waals surface area contributed by atoms with Gasteiger partial charge in [0, 0.05) is 24.2 Å². The number of halogens is 1. The first-order chi connectivity index (χ1) is 13.8. The van der Waals surface area contributed by atoms with Crippen LogP contribution in [-0.4, -0.2) is 46.0 Å². The van der Waals surface area contributed by atoms with Crippen LogP contribution in [0.1, 0.15) is 12.8 Å². The molecule has 9 heteroatoms. The summed E-state index contributed by atoms with van der Waals surface area (Å²) in [4.78, 5) is 12.5. The fraction of sp³-hybridized carbons (Fsp3) is 0.350. The van der Waals surface area contributed by atoms with Crippen LogP contribution < -0.4 is 14.2 Å². The number of sulfonamides is 1. The Labute approximate surface area is 175 Å². The molecule has 29 heavy (non-hydrogen) atoms. The van der Waals surface area contributed by atoms with Crippen LogP contribution in [0.4, 0.5) is 0 Å². The minimum atomic E-state index is -3.71. The Bertz CT molecular complexity index is 986. The van der Waals surface area contributed by atoms with Gasteiger partial charge in [-0.2, -0.15) is 4.31 Å². The third-order valence-corrected chi connectivity index (χ3v) is 6.92. The monoisotopic (exact) mass is 439 g/mol. The number of rotatable bonds is 6. The number of ether oxygens (including phenoxy) is 3. The van der Waals surface area contributed by atoms with Crippen molar-refractivity contribution in [1.29, 1.82) is 0 Å². The van der Waals surface area contributed by atoms with Crippen LogP contribution in [0.3, 0.4) is 0 Å². The number of methoxy groups -OCH3 is 2. The van der Waals surface area contributed by atoms with E-state index in [0.717, 1.165) is 0 Å². The van der Waals surface area contributed by atoms with E-state index in [1.54, 1.807) is 30.3 Å². The molecule has 0 spiro atoms. The van der Waals surface area contributed by atoms with E-state index in [1.165, 1.54) is 30.7 Å². The topological polar surface area (TPSA) is 82.1 Å². The molecule has 0 N–H and O–H groups in total. The van der Waals surface area contributed by atoms with Crippen molar-refractivity contribution in [3.05, 3.63) is 47.5 Å². The molecule has 1 fully saturated rings. The smallest absolute Gasteiger partial charge is 0.314 e. The largest absolute Gasteiger partial charge is 0.493 e. The molecule has 0 unspecified atom stereocenters. The lowest BCUT2D eigenvalue weighted by Gasteiger charge is -2.30. The van der Waals surface area contributed by atoms with Crippen LogP contribution in [-0.2, 0) is 14.8 Å². The molecule has 1 aliphatic rings. The van der Waals surface area contributed by atoms with Gasteiger partial charge in [0.05, 0.1) is 25.0 Å². The van der Waals surface area contributed by atoms with E-state index in [1.807, 2.05) is 0 Å². The van der Waals surface area contributed by atoms with E-state index in [-0.39, 0.29) is 29.9 Å². The molecule has 0 radical (unpaired) electrons. The first-order valence-electron chi connectivity index (χ1n) is 9.04. The molecule has 3 rings (SSSR count). The first kappa shape index (κ1) is 21.4. The SMILES string of the molecule is COc1ccc(S(=O)(=O)N2CCC(C(=O)Oc3cccc(Cl)c3)CC2)cc1OC. The van der Waals surface area contributed by atoms with Crippen molar-refractivity contribution in [2.24, 2.45) is 5.92 Å². The Morgan fingerprint density at radius 3 is 2.34 bits per heavy atom. The summed E-state index contributed by atoms with van der Waals surface area (Å²) in [7, 11) is -0.770.